The molecule has 2 rings (SSSR count). The Bertz CT molecular complexity index is 511. The van der Waals surface area contributed by atoms with Crippen LogP contribution < -0.4 is 9.62 Å². The number of nitrogens with one attached hydrogen (secondary N) is 1. The van der Waals surface area contributed by atoms with E-state index in [0.29, 0.717) is 19.6 Å². The minimum atomic E-state index is -3.18. The molecule has 0 amide bonds. The molecule has 5 heteroatoms. The molecular weight excluding hydrogens is 236 g/mol. The molecule has 17 heavy (non-hydrogen) atoms. The van der Waals surface area contributed by atoms with Gasteiger partial charge in [0.05, 0.1) is 11.4 Å². The Labute approximate surface area is 103 Å². The van der Waals surface area contributed by atoms with Gasteiger partial charge in [-0.25, -0.2) is 8.42 Å². The van der Waals surface area contributed by atoms with Crippen LogP contribution in [0, 0.1) is 13.8 Å². The Morgan fingerprint density at radius 2 is 2.00 bits per heavy atom. The van der Waals surface area contributed by atoms with Crippen LogP contribution in [-0.4, -0.2) is 33.8 Å². The molecule has 0 bridgehead atoms. The van der Waals surface area contributed by atoms with Crippen molar-refractivity contribution >= 4 is 15.7 Å². The Morgan fingerprint density at radius 3 is 2.71 bits per heavy atom. The van der Waals surface area contributed by atoms with Crippen molar-refractivity contribution in [1.29, 1.82) is 0 Å². The van der Waals surface area contributed by atoms with Crippen molar-refractivity contribution < 1.29 is 8.42 Å². The maximum atomic E-state index is 12.1. The summed E-state index contributed by atoms with van der Waals surface area (Å²) in [6.45, 7) is 5.70. The lowest BCUT2D eigenvalue weighted by atomic mass is 10.1. The second-order valence-corrected chi connectivity index (χ2v) is 6.44. The molecule has 1 saturated heterocycles. The summed E-state index contributed by atoms with van der Waals surface area (Å²) in [5.74, 6) is 0.167. The predicted molar refractivity (Wildman–Crippen MR) is 69.9 cm³/mol. The number of sulfonamides is 1. The van der Waals surface area contributed by atoms with Crippen molar-refractivity contribution in [2.45, 2.75) is 13.8 Å². The van der Waals surface area contributed by atoms with E-state index < -0.39 is 10.0 Å². The smallest absolute Gasteiger partial charge is 0.236 e. The summed E-state index contributed by atoms with van der Waals surface area (Å²) in [6.07, 6.45) is 0. The number of nitrogens with zero attached hydrogens (tertiary/aromatic N) is 1. The van der Waals surface area contributed by atoms with Crippen LogP contribution in [0.25, 0.3) is 0 Å². The average Bonchev–Trinajstić information content (AvgIpc) is 2.40. The number of benzene rings is 1. The quantitative estimate of drug-likeness (QED) is 0.815. The second kappa shape index (κ2) is 4.66. The van der Waals surface area contributed by atoms with Gasteiger partial charge < -0.3 is 5.32 Å². The monoisotopic (exact) mass is 254 g/mol. The van der Waals surface area contributed by atoms with Crippen molar-refractivity contribution in [1.82, 2.24) is 5.32 Å². The van der Waals surface area contributed by atoms with Crippen molar-refractivity contribution in [3.8, 4) is 0 Å². The molecule has 0 aliphatic carbocycles. The Balaban J connectivity index is 2.43. The maximum Gasteiger partial charge on any atom is 0.236 e. The van der Waals surface area contributed by atoms with Gasteiger partial charge in [0.25, 0.3) is 0 Å². The summed E-state index contributed by atoms with van der Waals surface area (Å²) in [4.78, 5) is 0. The molecular formula is C12H18N2O2S. The van der Waals surface area contributed by atoms with E-state index in [0.717, 1.165) is 16.8 Å². The molecule has 1 aromatic carbocycles. The van der Waals surface area contributed by atoms with Crippen LogP contribution in [0.2, 0.25) is 0 Å². The molecule has 4 nitrogen and oxygen atoms in total. The van der Waals surface area contributed by atoms with E-state index in [2.05, 4.69) is 5.32 Å². The minimum Gasteiger partial charge on any atom is -0.314 e. The van der Waals surface area contributed by atoms with Gasteiger partial charge in [-0.2, -0.15) is 0 Å². The SMILES string of the molecule is Cc1ccc(N2CCNCCS2(=O)=O)c(C)c1. The van der Waals surface area contributed by atoms with Crippen molar-refractivity contribution in [2.75, 3.05) is 29.7 Å². The first-order valence-corrected chi connectivity index (χ1v) is 7.40. The van der Waals surface area contributed by atoms with Crippen LogP contribution in [-0.2, 0) is 10.0 Å². The largest absolute Gasteiger partial charge is 0.314 e. The van der Waals surface area contributed by atoms with E-state index in [1.165, 1.54) is 4.31 Å². The minimum absolute atomic E-state index is 0.167. The van der Waals surface area contributed by atoms with Crippen molar-refractivity contribution in [3.05, 3.63) is 29.3 Å². The fourth-order valence-corrected chi connectivity index (χ4v) is 3.61. The fourth-order valence-electron chi connectivity index (χ4n) is 2.11. The summed E-state index contributed by atoms with van der Waals surface area (Å²) in [7, 11) is -3.18. The molecule has 1 heterocycles. The van der Waals surface area contributed by atoms with E-state index >= 15 is 0 Å². The lowest BCUT2D eigenvalue weighted by Gasteiger charge is -2.23. The highest BCUT2D eigenvalue weighted by Gasteiger charge is 2.25. The van der Waals surface area contributed by atoms with E-state index in [4.69, 9.17) is 0 Å². The molecule has 1 fully saturated rings. The highest BCUT2D eigenvalue weighted by atomic mass is 32.2. The predicted octanol–water partition coefficient (Wildman–Crippen LogP) is 1.04. The third kappa shape index (κ3) is 2.61. The highest BCUT2D eigenvalue weighted by Crippen LogP contribution is 2.24. The third-order valence-corrected chi connectivity index (χ3v) is 4.76. The van der Waals surface area contributed by atoms with E-state index in [-0.39, 0.29) is 5.75 Å². The Kier molecular flexibility index (Phi) is 3.40. The normalized spacial score (nSPS) is 20.0. The zero-order valence-corrected chi connectivity index (χ0v) is 11.0. The van der Waals surface area contributed by atoms with Gasteiger partial charge in [0.2, 0.25) is 10.0 Å². The molecule has 1 aliphatic rings. The number of rotatable bonds is 1. The molecule has 0 radical (unpaired) electrons. The number of hydrogen-bond donors (Lipinski definition) is 1. The second-order valence-electron chi connectivity index (χ2n) is 4.43. The zero-order chi connectivity index (χ0) is 12.5. The van der Waals surface area contributed by atoms with Crippen molar-refractivity contribution in [3.63, 3.8) is 0 Å². The Hall–Kier alpha value is -1.07. The van der Waals surface area contributed by atoms with Crippen molar-refractivity contribution in [2.24, 2.45) is 0 Å². The first-order valence-electron chi connectivity index (χ1n) is 5.79. The van der Waals surface area contributed by atoms with Gasteiger partial charge >= 0.3 is 0 Å². The van der Waals surface area contributed by atoms with Crippen LogP contribution in [0.4, 0.5) is 5.69 Å². The highest BCUT2D eigenvalue weighted by molar-refractivity contribution is 7.92. The maximum absolute atomic E-state index is 12.1. The molecule has 94 valence electrons. The van der Waals surface area contributed by atoms with E-state index in [1.54, 1.807) is 0 Å². The van der Waals surface area contributed by atoms with Gasteiger partial charge in [-0.05, 0) is 25.5 Å². The van der Waals surface area contributed by atoms with Crippen LogP contribution in [0.5, 0.6) is 0 Å². The molecule has 1 aliphatic heterocycles. The summed E-state index contributed by atoms with van der Waals surface area (Å²) >= 11 is 0. The number of anilines is 1. The first kappa shape index (κ1) is 12.4. The summed E-state index contributed by atoms with van der Waals surface area (Å²) in [5, 5.41) is 3.11. The van der Waals surface area contributed by atoms with Gasteiger partial charge in [-0.3, -0.25) is 4.31 Å². The lowest BCUT2D eigenvalue weighted by Crippen LogP contribution is -2.34. The summed E-state index contributed by atoms with van der Waals surface area (Å²) < 4.78 is 25.8. The molecule has 1 N–H and O–H groups in total. The standard InChI is InChI=1S/C12H18N2O2S/c1-10-3-4-12(11(2)9-10)14-7-5-13-6-8-17(14,15)16/h3-4,9,13H,5-8H2,1-2H3. The average molecular weight is 254 g/mol. The fraction of sp³-hybridized carbons (Fsp3) is 0.500. The molecule has 0 saturated carbocycles. The molecule has 1 aromatic rings. The zero-order valence-electron chi connectivity index (χ0n) is 10.2. The Morgan fingerprint density at radius 1 is 1.24 bits per heavy atom. The van der Waals surface area contributed by atoms with Crippen LogP contribution in [0.15, 0.2) is 18.2 Å². The topological polar surface area (TPSA) is 49.4 Å². The van der Waals surface area contributed by atoms with E-state index in [9.17, 15) is 8.42 Å². The molecule has 0 spiro atoms. The first-order chi connectivity index (χ1) is 8.00. The summed E-state index contributed by atoms with van der Waals surface area (Å²) in [6, 6.07) is 5.87. The van der Waals surface area contributed by atoms with Crippen LogP contribution >= 0.6 is 0 Å². The molecule has 0 aromatic heterocycles. The molecule has 0 atom stereocenters. The van der Waals surface area contributed by atoms with Gasteiger partial charge in [0.1, 0.15) is 0 Å². The third-order valence-electron chi connectivity index (χ3n) is 2.99. The lowest BCUT2D eigenvalue weighted by molar-refractivity contribution is 0.593. The molecule has 0 unspecified atom stereocenters. The van der Waals surface area contributed by atoms with E-state index in [1.807, 2.05) is 32.0 Å². The van der Waals surface area contributed by atoms with Gasteiger partial charge in [-0.1, -0.05) is 17.7 Å². The van der Waals surface area contributed by atoms with Gasteiger partial charge in [0.15, 0.2) is 0 Å². The van der Waals surface area contributed by atoms with Crippen LogP contribution in [0.1, 0.15) is 11.1 Å². The number of hydrogen-bond acceptors (Lipinski definition) is 3. The van der Waals surface area contributed by atoms with Crippen LogP contribution in [0.3, 0.4) is 0 Å². The number of aryl methyl sites for hydroxylation is 2. The summed E-state index contributed by atoms with van der Waals surface area (Å²) in [5.41, 5.74) is 2.96. The van der Waals surface area contributed by atoms with Gasteiger partial charge in [0, 0.05) is 19.6 Å². The van der Waals surface area contributed by atoms with Gasteiger partial charge in [-0.15, -0.1) is 0 Å².